The molecular formula is C21H20O3S2. The van der Waals surface area contributed by atoms with Gasteiger partial charge in [-0.15, -0.1) is 22.7 Å². The van der Waals surface area contributed by atoms with E-state index in [0.29, 0.717) is 4.88 Å². The van der Waals surface area contributed by atoms with Crippen LogP contribution in [0.3, 0.4) is 0 Å². The fourth-order valence-corrected chi connectivity index (χ4v) is 4.08. The lowest BCUT2D eigenvalue weighted by atomic mass is 10.2. The average Bonchev–Trinajstić information content (AvgIpc) is 3.28. The molecule has 3 nitrogen and oxygen atoms in total. The number of rotatable bonds is 3. The Balaban J connectivity index is 0.000000206. The normalized spacial score (nSPS) is 9.88. The first-order chi connectivity index (χ1) is 12.2. The van der Waals surface area contributed by atoms with Gasteiger partial charge in [0.1, 0.15) is 0 Å². The van der Waals surface area contributed by atoms with Gasteiger partial charge >= 0.3 is 5.97 Å². The minimum Gasteiger partial charge on any atom is -0.460 e. The number of carbonyl (C=O) groups is 2. The van der Waals surface area contributed by atoms with E-state index in [2.05, 4.69) is 40.4 Å². The molecule has 26 heavy (non-hydrogen) atoms. The number of hydrogen-bond donors (Lipinski definition) is 0. The molecule has 134 valence electrons. The van der Waals surface area contributed by atoms with Crippen LogP contribution in [0.4, 0.5) is 0 Å². The molecule has 5 heteroatoms. The van der Waals surface area contributed by atoms with Crippen LogP contribution in [0.1, 0.15) is 24.0 Å². The zero-order valence-electron chi connectivity index (χ0n) is 13.6. The number of esters is 1. The van der Waals surface area contributed by atoms with E-state index in [-0.39, 0.29) is 14.0 Å². The lowest BCUT2D eigenvalue weighted by Crippen LogP contribution is -2.16. The quantitative estimate of drug-likeness (QED) is 0.240. The lowest BCUT2D eigenvalue weighted by Gasteiger charge is -1.96. The second kappa shape index (κ2) is 9.27. The van der Waals surface area contributed by atoms with Gasteiger partial charge in [0, 0.05) is 9.40 Å². The first-order valence-corrected chi connectivity index (χ1v) is 9.51. The summed E-state index contributed by atoms with van der Waals surface area (Å²) in [4.78, 5) is 23.3. The maximum Gasteiger partial charge on any atom is 0.380 e. The summed E-state index contributed by atoms with van der Waals surface area (Å²) in [6.07, 6.45) is 0. The molecule has 0 atom stereocenters. The molecule has 0 amide bonds. The Morgan fingerprint density at radius 3 is 2.23 bits per heavy atom. The molecule has 0 aliphatic heterocycles. The number of carbonyl (C=O) groups excluding carboxylic acids is 2. The summed E-state index contributed by atoms with van der Waals surface area (Å²) < 4.78 is 7.04. The Morgan fingerprint density at radius 2 is 1.58 bits per heavy atom. The van der Waals surface area contributed by atoms with Crippen molar-refractivity contribution in [3.05, 3.63) is 70.9 Å². The predicted octanol–water partition coefficient (Wildman–Crippen LogP) is 6.18. The van der Waals surface area contributed by atoms with Crippen LogP contribution in [0.25, 0.3) is 20.2 Å². The smallest absolute Gasteiger partial charge is 0.380 e. The molecule has 0 aliphatic rings. The molecule has 0 bridgehead atoms. The van der Waals surface area contributed by atoms with E-state index in [1.54, 1.807) is 24.3 Å². The van der Waals surface area contributed by atoms with E-state index < -0.39 is 11.8 Å². The van der Waals surface area contributed by atoms with Crippen molar-refractivity contribution in [1.82, 2.24) is 0 Å². The Bertz CT molecular complexity index is 951. The molecule has 0 N–H and O–H groups in total. The third-order valence-corrected chi connectivity index (χ3v) is 5.48. The molecule has 0 radical (unpaired) electrons. The molecule has 4 rings (SSSR count). The van der Waals surface area contributed by atoms with Gasteiger partial charge in [0.15, 0.2) is 0 Å². The first kappa shape index (κ1) is 19.8. The van der Waals surface area contributed by atoms with Crippen LogP contribution < -0.4 is 0 Å². The van der Waals surface area contributed by atoms with Crippen LogP contribution in [-0.2, 0) is 9.53 Å². The number of ketones is 1. The molecule has 0 spiro atoms. The van der Waals surface area contributed by atoms with Crippen molar-refractivity contribution in [2.75, 3.05) is 6.61 Å². The maximum absolute atomic E-state index is 11.6. The fourth-order valence-electron chi connectivity index (χ4n) is 2.30. The minimum atomic E-state index is -0.783. The van der Waals surface area contributed by atoms with E-state index >= 15 is 0 Å². The van der Waals surface area contributed by atoms with E-state index in [1.807, 2.05) is 24.3 Å². The lowest BCUT2D eigenvalue weighted by molar-refractivity contribution is -0.137. The predicted molar refractivity (Wildman–Crippen MR) is 111 cm³/mol. The summed E-state index contributed by atoms with van der Waals surface area (Å²) in [5, 5.41) is 4.44. The molecule has 0 unspecified atom stereocenters. The van der Waals surface area contributed by atoms with Gasteiger partial charge in [0.2, 0.25) is 0 Å². The van der Waals surface area contributed by atoms with E-state index in [0.717, 1.165) is 10.1 Å². The highest BCUT2D eigenvalue weighted by molar-refractivity contribution is 7.21. The third-order valence-electron chi connectivity index (χ3n) is 3.47. The number of Topliss-reactive ketones (excluding diaryl/α,β-unsaturated/α-hetero) is 1. The van der Waals surface area contributed by atoms with Gasteiger partial charge in [-0.3, -0.25) is 4.79 Å². The van der Waals surface area contributed by atoms with Crippen molar-refractivity contribution in [3.8, 4) is 0 Å². The monoisotopic (exact) mass is 384 g/mol. The Morgan fingerprint density at radius 1 is 0.923 bits per heavy atom. The highest BCUT2D eigenvalue weighted by Gasteiger charge is 2.19. The van der Waals surface area contributed by atoms with E-state index in [1.165, 1.54) is 21.4 Å². The van der Waals surface area contributed by atoms with Crippen LogP contribution in [0.2, 0.25) is 0 Å². The van der Waals surface area contributed by atoms with Gasteiger partial charge < -0.3 is 4.74 Å². The van der Waals surface area contributed by atoms with Gasteiger partial charge in [0.05, 0.1) is 11.5 Å². The summed E-state index contributed by atoms with van der Waals surface area (Å²) in [5.74, 6) is -1.35. The molecular weight excluding hydrogens is 364 g/mol. The van der Waals surface area contributed by atoms with Gasteiger partial charge in [-0.1, -0.05) is 43.8 Å². The Hall–Kier alpha value is -2.50. The number of hydrogen-bond acceptors (Lipinski definition) is 5. The van der Waals surface area contributed by atoms with Gasteiger partial charge in [-0.2, -0.15) is 0 Å². The first-order valence-electron chi connectivity index (χ1n) is 7.81. The molecule has 2 aromatic carbocycles. The molecule has 0 saturated heterocycles. The molecule has 0 fully saturated rings. The summed E-state index contributed by atoms with van der Waals surface area (Å²) in [6.45, 7) is 1.89. The SMILES string of the molecule is C.CCOC(=O)C(=O)c1cc2ccccc2s1.c1ccc2sccc2c1. The van der Waals surface area contributed by atoms with Crippen LogP contribution in [-0.4, -0.2) is 18.4 Å². The molecule has 0 aliphatic carbocycles. The summed E-state index contributed by atoms with van der Waals surface area (Å²) in [5.41, 5.74) is 0. The minimum absolute atomic E-state index is 0. The van der Waals surface area contributed by atoms with Crippen molar-refractivity contribution in [1.29, 1.82) is 0 Å². The average molecular weight is 385 g/mol. The zero-order valence-corrected chi connectivity index (χ0v) is 15.2. The van der Waals surface area contributed by atoms with Gasteiger partial charge in [0.25, 0.3) is 5.78 Å². The van der Waals surface area contributed by atoms with Crippen LogP contribution in [0, 0.1) is 0 Å². The molecule has 0 saturated carbocycles. The molecule has 2 heterocycles. The summed E-state index contributed by atoms with van der Waals surface area (Å²) >= 11 is 3.10. The standard InChI is InChI=1S/C12H10O3S.C8H6S.CH4/c1-2-15-12(14)11(13)10-7-8-5-3-4-6-9(8)16-10;1-2-4-8-7(3-1)5-6-9-8;/h3-7H,2H2,1H3;1-6H;1H4. The highest BCUT2D eigenvalue weighted by atomic mass is 32.1. The number of fused-ring (bicyclic) bond motifs is 2. The van der Waals surface area contributed by atoms with Gasteiger partial charge in [-0.05, 0) is 47.3 Å². The summed E-state index contributed by atoms with van der Waals surface area (Å²) in [6, 6.07) is 19.9. The van der Waals surface area contributed by atoms with Crippen LogP contribution in [0.15, 0.2) is 66.0 Å². The number of ether oxygens (including phenoxy) is 1. The maximum atomic E-state index is 11.6. The number of thiophene rings is 2. The second-order valence-corrected chi connectivity index (χ2v) is 7.19. The highest BCUT2D eigenvalue weighted by Crippen LogP contribution is 2.25. The Labute approximate surface area is 160 Å². The van der Waals surface area contributed by atoms with Crippen molar-refractivity contribution >= 4 is 54.6 Å². The zero-order chi connectivity index (χ0) is 17.6. The summed E-state index contributed by atoms with van der Waals surface area (Å²) in [7, 11) is 0. The largest absolute Gasteiger partial charge is 0.460 e. The van der Waals surface area contributed by atoms with Crippen LogP contribution >= 0.6 is 22.7 Å². The van der Waals surface area contributed by atoms with Crippen molar-refractivity contribution in [2.24, 2.45) is 0 Å². The van der Waals surface area contributed by atoms with Crippen LogP contribution in [0.5, 0.6) is 0 Å². The van der Waals surface area contributed by atoms with Crippen molar-refractivity contribution < 1.29 is 14.3 Å². The van der Waals surface area contributed by atoms with Gasteiger partial charge in [-0.25, -0.2) is 4.79 Å². The number of benzene rings is 2. The molecule has 2 aromatic heterocycles. The van der Waals surface area contributed by atoms with Crippen molar-refractivity contribution in [2.45, 2.75) is 14.4 Å². The topological polar surface area (TPSA) is 43.4 Å². The third kappa shape index (κ3) is 4.56. The van der Waals surface area contributed by atoms with E-state index in [9.17, 15) is 9.59 Å². The van der Waals surface area contributed by atoms with E-state index in [4.69, 9.17) is 0 Å². The molecule has 4 aromatic rings. The Kier molecular flexibility index (Phi) is 7.06. The van der Waals surface area contributed by atoms with Crippen molar-refractivity contribution in [3.63, 3.8) is 0 Å². The fraction of sp³-hybridized carbons (Fsp3) is 0.143. The second-order valence-electron chi connectivity index (χ2n) is 5.16.